The Morgan fingerprint density at radius 2 is 2.03 bits per heavy atom. The zero-order chi connectivity index (χ0) is 21.1. The van der Waals surface area contributed by atoms with E-state index in [-0.39, 0.29) is 12.5 Å². The number of pyridine rings is 2. The van der Waals surface area contributed by atoms with Crippen molar-refractivity contribution in [2.45, 2.75) is 11.0 Å². The molecular formula is C21H17ClN4O3S. The molecule has 0 saturated carbocycles. The van der Waals surface area contributed by atoms with E-state index < -0.39 is 12.2 Å². The molecule has 9 heteroatoms. The summed E-state index contributed by atoms with van der Waals surface area (Å²) in [5, 5.41) is 3.20. The van der Waals surface area contributed by atoms with Gasteiger partial charge in [0.1, 0.15) is 6.10 Å². The van der Waals surface area contributed by atoms with Gasteiger partial charge in [-0.15, -0.1) is 12.6 Å². The SMILES string of the molecule is O=C(NC[C@H]1CN(c2ccc(-c3ccncc3)nc2)C(=O)O1)c1cc(Cl)ccc1S. The molecule has 2 aromatic heterocycles. The van der Waals surface area contributed by atoms with Crippen LogP contribution >= 0.6 is 24.2 Å². The van der Waals surface area contributed by atoms with Crippen molar-refractivity contribution in [3.8, 4) is 11.3 Å². The van der Waals surface area contributed by atoms with Crippen LogP contribution in [0.2, 0.25) is 5.02 Å². The van der Waals surface area contributed by atoms with Gasteiger partial charge in [0.05, 0.1) is 36.2 Å². The Morgan fingerprint density at radius 3 is 2.77 bits per heavy atom. The standard InChI is InChI=1S/C21H17ClN4O3S/c22-14-1-4-19(30)17(9-14)20(27)25-11-16-12-26(21(28)29-16)15-2-3-18(24-10-15)13-5-7-23-8-6-13/h1-10,16,30H,11-12H2,(H,25,27)/t16-/m0/s1. The predicted octanol–water partition coefficient (Wildman–Crippen LogP) is 3.84. The predicted molar refractivity (Wildman–Crippen MR) is 116 cm³/mol. The third-order valence-corrected chi connectivity index (χ3v) is 5.23. The molecule has 7 nitrogen and oxygen atoms in total. The maximum atomic E-state index is 12.4. The van der Waals surface area contributed by atoms with Crippen LogP contribution in [0.3, 0.4) is 0 Å². The van der Waals surface area contributed by atoms with Crippen molar-refractivity contribution < 1.29 is 14.3 Å². The van der Waals surface area contributed by atoms with Crippen LogP contribution in [0, 0.1) is 0 Å². The third kappa shape index (κ3) is 4.39. The van der Waals surface area contributed by atoms with Crippen LogP contribution in [0.4, 0.5) is 10.5 Å². The maximum absolute atomic E-state index is 12.4. The number of hydrogen-bond acceptors (Lipinski definition) is 6. The van der Waals surface area contributed by atoms with E-state index in [1.54, 1.807) is 36.8 Å². The fraction of sp³-hybridized carbons (Fsp3) is 0.143. The summed E-state index contributed by atoms with van der Waals surface area (Å²) < 4.78 is 5.37. The summed E-state index contributed by atoms with van der Waals surface area (Å²) >= 11 is 10.2. The lowest BCUT2D eigenvalue weighted by atomic mass is 10.2. The zero-order valence-corrected chi connectivity index (χ0v) is 17.3. The summed E-state index contributed by atoms with van der Waals surface area (Å²) in [5.74, 6) is -0.333. The second-order valence-electron chi connectivity index (χ2n) is 6.63. The first-order chi connectivity index (χ1) is 14.5. The lowest BCUT2D eigenvalue weighted by Crippen LogP contribution is -2.34. The van der Waals surface area contributed by atoms with E-state index in [1.165, 1.54) is 4.90 Å². The number of halogens is 1. The van der Waals surface area contributed by atoms with E-state index in [0.29, 0.717) is 27.7 Å². The number of amides is 2. The van der Waals surface area contributed by atoms with Gasteiger partial charge in [-0.3, -0.25) is 19.7 Å². The Balaban J connectivity index is 1.38. The number of carbonyl (C=O) groups is 2. The van der Waals surface area contributed by atoms with Crippen molar-refractivity contribution in [1.82, 2.24) is 15.3 Å². The smallest absolute Gasteiger partial charge is 0.414 e. The number of nitrogens with one attached hydrogen (secondary N) is 1. The van der Waals surface area contributed by atoms with Gasteiger partial charge >= 0.3 is 6.09 Å². The maximum Gasteiger partial charge on any atom is 0.414 e. The van der Waals surface area contributed by atoms with Crippen LogP contribution in [0.1, 0.15) is 10.4 Å². The molecule has 0 spiro atoms. The number of carbonyl (C=O) groups excluding carboxylic acids is 2. The van der Waals surface area contributed by atoms with Crippen molar-refractivity contribution in [1.29, 1.82) is 0 Å². The molecule has 1 aromatic carbocycles. The summed E-state index contributed by atoms with van der Waals surface area (Å²) in [6, 6.07) is 12.2. The minimum absolute atomic E-state index is 0.170. The number of ether oxygens (including phenoxy) is 1. The van der Waals surface area contributed by atoms with Gasteiger partial charge in [-0.25, -0.2) is 4.79 Å². The van der Waals surface area contributed by atoms with Crippen molar-refractivity contribution in [3.05, 3.63) is 71.6 Å². The fourth-order valence-corrected chi connectivity index (χ4v) is 3.48. The molecule has 1 N–H and O–H groups in total. The van der Waals surface area contributed by atoms with Crippen molar-refractivity contribution >= 4 is 41.9 Å². The fourth-order valence-electron chi connectivity index (χ4n) is 3.07. The van der Waals surface area contributed by atoms with E-state index in [0.717, 1.165) is 11.3 Å². The first-order valence-corrected chi connectivity index (χ1v) is 9.95. The second-order valence-corrected chi connectivity index (χ2v) is 7.54. The lowest BCUT2D eigenvalue weighted by molar-refractivity contribution is 0.0913. The number of nitrogens with zero attached hydrogens (tertiary/aromatic N) is 3. The highest BCUT2D eigenvalue weighted by atomic mass is 35.5. The summed E-state index contributed by atoms with van der Waals surface area (Å²) in [5.41, 5.74) is 2.70. The van der Waals surface area contributed by atoms with Gasteiger partial charge < -0.3 is 10.1 Å². The number of hydrogen-bond donors (Lipinski definition) is 2. The molecule has 1 aliphatic heterocycles. The van der Waals surface area contributed by atoms with Crippen molar-refractivity contribution in [2.24, 2.45) is 0 Å². The molecule has 1 aliphatic rings. The highest BCUT2D eigenvalue weighted by Gasteiger charge is 2.32. The Hall–Kier alpha value is -3.10. The molecule has 2 amide bonds. The third-order valence-electron chi connectivity index (χ3n) is 4.60. The van der Waals surface area contributed by atoms with E-state index in [9.17, 15) is 9.59 Å². The molecule has 1 saturated heterocycles. The van der Waals surface area contributed by atoms with Crippen LogP contribution in [-0.2, 0) is 4.74 Å². The molecule has 152 valence electrons. The summed E-state index contributed by atoms with van der Waals surface area (Å²) in [7, 11) is 0. The monoisotopic (exact) mass is 440 g/mol. The Morgan fingerprint density at radius 1 is 1.23 bits per heavy atom. The van der Waals surface area contributed by atoms with Gasteiger partial charge in [0.25, 0.3) is 5.91 Å². The van der Waals surface area contributed by atoms with Crippen molar-refractivity contribution in [3.63, 3.8) is 0 Å². The van der Waals surface area contributed by atoms with Crippen LogP contribution < -0.4 is 10.2 Å². The number of rotatable bonds is 5. The van der Waals surface area contributed by atoms with Gasteiger partial charge in [-0.1, -0.05) is 11.6 Å². The Bertz CT molecular complexity index is 1080. The highest BCUT2D eigenvalue weighted by Crippen LogP contribution is 2.24. The second kappa shape index (κ2) is 8.73. The number of aromatic nitrogens is 2. The van der Waals surface area contributed by atoms with Gasteiger partial charge in [0, 0.05) is 27.9 Å². The van der Waals surface area contributed by atoms with Gasteiger partial charge in [0.15, 0.2) is 0 Å². The Kier molecular flexibility index (Phi) is 5.87. The molecular weight excluding hydrogens is 424 g/mol. The average Bonchev–Trinajstić information content (AvgIpc) is 3.15. The quantitative estimate of drug-likeness (QED) is 0.589. The van der Waals surface area contributed by atoms with Crippen LogP contribution in [0.5, 0.6) is 0 Å². The van der Waals surface area contributed by atoms with Crippen molar-refractivity contribution in [2.75, 3.05) is 18.0 Å². The van der Waals surface area contributed by atoms with Gasteiger partial charge in [-0.05, 0) is 42.5 Å². The number of anilines is 1. The molecule has 3 heterocycles. The van der Waals surface area contributed by atoms with Gasteiger partial charge in [-0.2, -0.15) is 0 Å². The molecule has 0 unspecified atom stereocenters. The number of benzene rings is 1. The summed E-state index contributed by atoms with van der Waals surface area (Å²) in [6.45, 7) is 0.474. The van der Waals surface area contributed by atoms with Gasteiger partial charge in [0.2, 0.25) is 0 Å². The van der Waals surface area contributed by atoms with E-state index in [1.807, 2.05) is 24.3 Å². The minimum atomic E-state index is -0.483. The van der Waals surface area contributed by atoms with Crippen LogP contribution in [0.25, 0.3) is 11.3 Å². The molecule has 1 atom stereocenters. The topological polar surface area (TPSA) is 84.4 Å². The molecule has 0 radical (unpaired) electrons. The first-order valence-electron chi connectivity index (χ1n) is 9.12. The molecule has 4 rings (SSSR count). The van der Waals surface area contributed by atoms with E-state index in [4.69, 9.17) is 16.3 Å². The number of thiol groups is 1. The number of cyclic esters (lactones) is 1. The zero-order valence-electron chi connectivity index (χ0n) is 15.7. The summed E-state index contributed by atoms with van der Waals surface area (Å²) in [6.07, 6.45) is 4.05. The molecule has 30 heavy (non-hydrogen) atoms. The van der Waals surface area contributed by atoms with Crippen LogP contribution in [0.15, 0.2) is 66.0 Å². The molecule has 0 bridgehead atoms. The largest absolute Gasteiger partial charge is 0.442 e. The highest BCUT2D eigenvalue weighted by molar-refractivity contribution is 7.80. The first kappa shape index (κ1) is 20.2. The van der Waals surface area contributed by atoms with E-state index in [2.05, 4.69) is 27.9 Å². The lowest BCUT2D eigenvalue weighted by Gasteiger charge is -2.13. The molecule has 3 aromatic rings. The normalized spacial score (nSPS) is 15.7. The molecule has 0 aliphatic carbocycles. The Labute approximate surface area is 183 Å². The minimum Gasteiger partial charge on any atom is -0.442 e. The van der Waals surface area contributed by atoms with E-state index >= 15 is 0 Å². The molecule has 1 fully saturated rings. The van der Waals surface area contributed by atoms with Crippen LogP contribution in [-0.4, -0.2) is 41.2 Å². The summed E-state index contributed by atoms with van der Waals surface area (Å²) in [4.78, 5) is 35.1. The average molecular weight is 441 g/mol.